The van der Waals surface area contributed by atoms with Gasteiger partial charge in [0.15, 0.2) is 0 Å². The molecule has 3 saturated heterocycles. The van der Waals surface area contributed by atoms with Crippen molar-refractivity contribution in [2.45, 2.75) is 111 Å². The molecule has 5 fully saturated rings. The summed E-state index contributed by atoms with van der Waals surface area (Å²) in [6.07, 6.45) is -14.1. The van der Waals surface area contributed by atoms with Crippen LogP contribution in [-0.4, -0.2) is 130 Å². The molecule has 0 aromatic heterocycles. The Hall–Kier alpha value is -9.93. The molecule has 36 heteroatoms. The standard InChI is InChI=1S/C52H36F12O24/c1-76-42-30(41(75)83-46(88-42)23-21-45(22-24-46)81-35(69)26(36(70)82-45)12-6-3-8-15-29-39(73)86-48(51(59,60)61,52(62,63)64)87-40(29)74)16-10-4-9-13-27-33(67)79-44(80-34(27)68)19-17-43(18-20-44)77-31(65)25(32(66)78-43)11-5-2-7-14-28-37(71)84-47(49(53,54)55,50(56,57)58)85-38(28)72/h2-16,65,73H,17-24H2,1H3/b6-3+,7-2+,9-4+,11-5+,15-8+,16-10+,26-12?,27-13?. The zero-order chi connectivity index (χ0) is 64.8. The second-order valence-corrected chi connectivity index (χ2v) is 19.0. The second-order valence-electron chi connectivity index (χ2n) is 19.0. The summed E-state index contributed by atoms with van der Waals surface area (Å²) < 4.78 is 222. The fourth-order valence-corrected chi connectivity index (χ4v) is 8.88. The zero-order valence-electron chi connectivity index (χ0n) is 43.7. The second kappa shape index (κ2) is 22.7. The summed E-state index contributed by atoms with van der Waals surface area (Å²) in [6, 6.07) is 0. The third-order valence-electron chi connectivity index (χ3n) is 13.3. The van der Waals surface area contributed by atoms with Gasteiger partial charge in [0.1, 0.15) is 33.4 Å². The molecule has 472 valence electrons. The van der Waals surface area contributed by atoms with Gasteiger partial charge in [0, 0.05) is 51.4 Å². The quantitative estimate of drug-likeness (QED) is 0.0550. The molecule has 0 atom stereocenters. The van der Waals surface area contributed by atoms with Crippen molar-refractivity contribution in [2.75, 3.05) is 7.11 Å². The van der Waals surface area contributed by atoms with Gasteiger partial charge in [-0.1, -0.05) is 54.7 Å². The average Bonchev–Trinajstić information content (AvgIpc) is 0.932. The number of halogens is 12. The van der Waals surface area contributed by atoms with E-state index in [1.165, 1.54) is 24.3 Å². The summed E-state index contributed by atoms with van der Waals surface area (Å²) in [6.45, 7) is 0. The number of hydrogen-bond acceptors (Lipinski definition) is 24. The lowest BCUT2D eigenvalue weighted by atomic mass is 9.87. The Kier molecular flexibility index (Phi) is 16.6. The van der Waals surface area contributed by atoms with Crippen LogP contribution in [0.3, 0.4) is 0 Å². The SMILES string of the molecule is COC1=C(/C=C/C=C/C=C2C(=O)OC3(CCC4(CC3)OC(=O)C(/C=C/C=C/C=C3C(=O)OC(C(F)(F)F)(C(F)(F)F)OC3=O)=C(O)O4)OC2=O)C(=O)OC2(CCC3(CC2)OC(=O)C(=C/C=C/C=C/C2=C(O)OC(C(F)(F)F)(C(F)(F)F)OC2=O)C(=O)O3)O1. The first kappa shape index (κ1) is 64.1. The van der Waals surface area contributed by atoms with Crippen molar-refractivity contribution < 1.29 is 168 Å². The third kappa shape index (κ3) is 12.1. The maximum atomic E-state index is 13.3. The van der Waals surface area contributed by atoms with Crippen LogP contribution in [-0.2, 0) is 105 Å². The number of cyclic esters (lactones) is 3. The van der Waals surface area contributed by atoms with Gasteiger partial charge in [-0.3, -0.25) is 0 Å². The Morgan fingerprint density at radius 1 is 0.330 bits per heavy atom. The first-order valence-electron chi connectivity index (χ1n) is 24.6. The molecule has 0 aromatic carbocycles. The number of hydrogen-bond donors (Lipinski definition) is 2. The van der Waals surface area contributed by atoms with Crippen LogP contribution in [0.15, 0.2) is 142 Å². The van der Waals surface area contributed by atoms with E-state index in [-0.39, 0.29) is 62.9 Å². The number of rotatable bonds is 10. The summed E-state index contributed by atoms with van der Waals surface area (Å²) in [5, 5.41) is 20.3. The number of ether oxygens (including phenoxy) is 13. The molecule has 0 unspecified atom stereocenters. The van der Waals surface area contributed by atoms with Crippen molar-refractivity contribution in [3.63, 3.8) is 0 Å². The van der Waals surface area contributed by atoms with E-state index in [4.69, 9.17) is 42.6 Å². The van der Waals surface area contributed by atoms with Crippen LogP contribution in [0.5, 0.6) is 0 Å². The van der Waals surface area contributed by atoms with Crippen LogP contribution in [0.4, 0.5) is 52.7 Å². The van der Waals surface area contributed by atoms with Gasteiger partial charge in [-0.15, -0.1) is 0 Å². The van der Waals surface area contributed by atoms with Gasteiger partial charge in [0.2, 0.25) is 0 Å². The van der Waals surface area contributed by atoms with E-state index < -0.39 is 153 Å². The Bertz CT molecular complexity index is 3320. The normalized spacial score (nSPS) is 23.7. The van der Waals surface area contributed by atoms with Gasteiger partial charge in [0.05, 0.1) is 7.11 Å². The maximum absolute atomic E-state index is 13.3. The molecule has 2 N–H and O–H groups in total. The first-order valence-corrected chi connectivity index (χ1v) is 24.6. The molecule has 0 radical (unpaired) electrons. The molecular formula is C52H36F12O24. The van der Waals surface area contributed by atoms with E-state index in [1.807, 2.05) is 0 Å². The van der Waals surface area contributed by atoms with E-state index in [0.717, 1.165) is 61.8 Å². The highest BCUT2D eigenvalue weighted by atomic mass is 19.4. The van der Waals surface area contributed by atoms with Crippen molar-refractivity contribution in [1.29, 1.82) is 0 Å². The molecule has 2 aliphatic carbocycles. The minimum Gasteiger partial charge on any atom is -0.480 e. The highest BCUT2D eigenvalue weighted by molar-refractivity contribution is 6.17. The molecule has 88 heavy (non-hydrogen) atoms. The minimum absolute atomic E-state index is 0.245. The molecule has 0 aromatic rings. The largest absolute Gasteiger partial charge is 0.480 e. The van der Waals surface area contributed by atoms with E-state index in [0.29, 0.717) is 12.2 Å². The third-order valence-corrected chi connectivity index (χ3v) is 13.3. The van der Waals surface area contributed by atoms with Gasteiger partial charge < -0.3 is 71.8 Å². The molecule has 8 aliphatic rings. The van der Waals surface area contributed by atoms with Gasteiger partial charge in [-0.2, -0.15) is 52.7 Å². The predicted octanol–water partition coefficient (Wildman–Crippen LogP) is 7.10. The summed E-state index contributed by atoms with van der Waals surface area (Å²) >= 11 is 0. The lowest BCUT2D eigenvalue weighted by Gasteiger charge is -2.46. The zero-order valence-corrected chi connectivity index (χ0v) is 43.7. The molecule has 6 heterocycles. The molecule has 2 saturated carbocycles. The molecule has 6 aliphatic heterocycles. The predicted molar refractivity (Wildman–Crippen MR) is 248 cm³/mol. The maximum Gasteiger partial charge on any atom is 0.478 e. The summed E-state index contributed by atoms with van der Waals surface area (Å²) in [7, 11) is 1.15. The Morgan fingerprint density at radius 3 is 0.898 bits per heavy atom. The number of methoxy groups -OCH3 is 1. The lowest BCUT2D eigenvalue weighted by Crippen LogP contribution is -2.64. The number of carbonyl (C=O) groups excluding carboxylic acids is 9. The number of aliphatic hydroxyl groups is 2. The highest BCUT2D eigenvalue weighted by Crippen LogP contribution is 2.52. The smallest absolute Gasteiger partial charge is 0.478 e. The van der Waals surface area contributed by atoms with Crippen molar-refractivity contribution in [3.8, 4) is 0 Å². The van der Waals surface area contributed by atoms with Gasteiger partial charge in [-0.25, -0.2) is 43.2 Å². The number of allylic oxidation sites excluding steroid dienone is 12. The van der Waals surface area contributed by atoms with Crippen LogP contribution in [0.1, 0.15) is 51.4 Å². The van der Waals surface area contributed by atoms with Gasteiger partial charge in [0.25, 0.3) is 41.0 Å². The molecule has 0 bridgehead atoms. The van der Waals surface area contributed by atoms with Crippen LogP contribution in [0, 0.1) is 0 Å². The van der Waals surface area contributed by atoms with Crippen molar-refractivity contribution in [1.82, 2.24) is 0 Å². The molecule has 8 rings (SSSR count). The number of aliphatic hydroxyl groups excluding tert-OH is 2. The van der Waals surface area contributed by atoms with E-state index >= 15 is 0 Å². The van der Waals surface area contributed by atoms with E-state index in [1.54, 1.807) is 0 Å². The summed E-state index contributed by atoms with van der Waals surface area (Å²) in [4.78, 5) is 114. The Labute approximate surface area is 481 Å². The molecule has 24 nitrogen and oxygen atoms in total. The fourth-order valence-electron chi connectivity index (χ4n) is 8.88. The molecule has 0 amide bonds. The number of alkyl halides is 12. The van der Waals surface area contributed by atoms with Crippen molar-refractivity contribution in [3.05, 3.63) is 142 Å². The van der Waals surface area contributed by atoms with Crippen LogP contribution in [0.25, 0.3) is 0 Å². The Morgan fingerprint density at radius 2 is 0.580 bits per heavy atom. The fraction of sp³-hybridized carbons (Fsp3) is 0.365. The molecule has 4 spiro atoms. The number of carbonyl (C=O) groups is 9. The lowest BCUT2D eigenvalue weighted by molar-refractivity contribution is -0.456. The minimum atomic E-state index is -6.39. The Balaban J connectivity index is 0.803. The first-order chi connectivity index (χ1) is 40.9. The van der Waals surface area contributed by atoms with E-state index in [2.05, 4.69) is 18.9 Å². The monoisotopic (exact) mass is 1270 g/mol. The summed E-state index contributed by atoms with van der Waals surface area (Å²) in [5.74, 6) is -35.6. The summed E-state index contributed by atoms with van der Waals surface area (Å²) in [5.41, 5.74) is -4.80. The van der Waals surface area contributed by atoms with Crippen molar-refractivity contribution >= 4 is 53.7 Å². The van der Waals surface area contributed by atoms with Gasteiger partial charge >= 0.3 is 90.0 Å². The van der Waals surface area contributed by atoms with Crippen LogP contribution in [0.2, 0.25) is 0 Å². The average molecular weight is 1270 g/mol. The van der Waals surface area contributed by atoms with Gasteiger partial charge in [-0.05, 0) is 36.5 Å². The van der Waals surface area contributed by atoms with Crippen LogP contribution >= 0.6 is 0 Å². The van der Waals surface area contributed by atoms with E-state index in [9.17, 15) is 106 Å². The van der Waals surface area contributed by atoms with Crippen molar-refractivity contribution in [2.24, 2.45) is 0 Å². The number of esters is 9. The topological polar surface area (TPSA) is 314 Å². The highest BCUT2D eigenvalue weighted by Gasteiger charge is 2.81. The molecular weight excluding hydrogens is 1240 g/mol. The van der Waals surface area contributed by atoms with Crippen LogP contribution < -0.4 is 0 Å².